The van der Waals surface area contributed by atoms with E-state index >= 15 is 0 Å². The minimum atomic E-state index is 0.747. The summed E-state index contributed by atoms with van der Waals surface area (Å²) in [5.41, 5.74) is 1.35. The summed E-state index contributed by atoms with van der Waals surface area (Å²) >= 11 is 1.89. The molecule has 0 aliphatic heterocycles. The van der Waals surface area contributed by atoms with E-state index in [1.165, 1.54) is 21.7 Å². The average molecular weight is 298 g/mol. The van der Waals surface area contributed by atoms with E-state index in [0.29, 0.717) is 0 Å². The van der Waals surface area contributed by atoms with Gasteiger partial charge in [0.25, 0.3) is 0 Å². The number of thiophene rings is 1. The summed E-state index contributed by atoms with van der Waals surface area (Å²) < 4.78 is 5.82. The Kier molecular flexibility index (Phi) is 9.10. The average Bonchev–Trinajstić information content (AvgIpc) is 2.80. The molecule has 0 aliphatic rings. The molecule has 0 radical (unpaired) electrons. The second-order valence-electron chi connectivity index (χ2n) is 5.05. The summed E-state index contributed by atoms with van der Waals surface area (Å²) in [5, 5.41) is 3.45. The van der Waals surface area contributed by atoms with Crippen LogP contribution in [0, 0.1) is 6.92 Å². The van der Waals surface area contributed by atoms with E-state index in [4.69, 9.17) is 4.74 Å². The molecule has 20 heavy (non-hydrogen) atoms. The van der Waals surface area contributed by atoms with Crippen molar-refractivity contribution in [3.63, 3.8) is 0 Å². The SMILES string of the molecule is CCCNCc1cc(COCCN(CC)CC)c(C)s1. The molecular weight excluding hydrogens is 268 g/mol. The number of hydrogen-bond donors (Lipinski definition) is 1. The monoisotopic (exact) mass is 298 g/mol. The zero-order chi connectivity index (χ0) is 14.8. The first kappa shape index (κ1) is 17.6. The first-order valence-corrected chi connectivity index (χ1v) is 8.61. The fraction of sp³-hybridized carbons (Fsp3) is 0.750. The van der Waals surface area contributed by atoms with Crippen molar-refractivity contribution < 1.29 is 4.74 Å². The third kappa shape index (κ3) is 6.35. The summed E-state index contributed by atoms with van der Waals surface area (Å²) in [6.45, 7) is 15.7. The molecule has 1 aromatic rings. The lowest BCUT2D eigenvalue weighted by Gasteiger charge is -2.17. The maximum Gasteiger partial charge on any atom is 0.0728 e. The molecular formula is C16H30N2OS. The Bertz CT molecular complexity index is 361. The molecule has 0 fully saturated rings. The molecule has 1 aromatic heterocycles. The van der Waals surface area contributed by atoms with Crippen molar-refractivity contribution in [1.29, 1.82) is 0 Å². The van der Waals surface area contributed by atoms with Gasteiger partial charge in [-0.05, 0) is 44.6 Å². The normalized spacial score (nSPS) is 11.4. The minimum absolute atomic E-state index is 0.747. The van der Waals surface area contributed by atoms with Crippen LogP contribution in [0.15, 0.2) is 6.07 Å². The molecule has 0 spiro atoms. The van der Waals surface area contributed by atoms with Crippen molar-refractivity contribution in [2.24, 2.45) is 0 Å². The predicted molar refractivity (Wildman–Crippen MR) is 88.5 cm³/mol. The number of rotatable bonds is 11. The van der Waals surface area contributed by atoms with Crippen LogP contribution in [0.2, 0.25) is 0 Å². The number of hydrogen-bond acceptors (Lipinski definition) is 4. The molecule has 116 valence electrons. The largest absolute Gasteiger partial charge is 0.375 e. The van der Waals surface area contributed by atoms with Gasteiger partial charge in [-0.3, -0.25) is 0 Å². The molecule has 4 heteroatoms. The van der Waals surface area contributed by atoms with Crippen LogP contribution in [-0.2, 0) is 17.9 Å². The highest BCUT2D eigenvalue weighted by molar-refractivity contribution is 7.12. The van der Waals surface area contributed by atoms with Gasteiger partial charge in [0.15, 0.2) is 0 Å². The van der Waals surface area contributed by atoms with Crippen molar-refractivity contribution in [3.05, 3.63) is 21.4 Å². The number of likely N-dealkylation sites (N-methyl/N-ethyl adjacent to an activating group) is 1. The van der Waals surface area contributed by atoms with E-state index in [2.05, 4.69) is 44.0 Å². The molecule has 1 heterocycles. The molecule has 0 aliphatic carbocycles. The Hall–Kier alpha value is -0.420. The van der Waals surface area contributed by atoms with E-state index in [1.54, 1.807) is 0 Å². The van der Waals surface area contributed by atoms with Gasteiger partial charge in [0.2, 0.25) is 0 Å². The van der Waals surface area contributed by atoms with Gasteiger partial charge < -0.3 is 15.0 Å². The van der Waals surface area contributed by atoms with E-state index in [0.717, 1.165) is 45.9 Å². The Labute approximate surface area is 128 Å². The lowest BCUT2D eigenvalue weighted by Crippen LogP contribution is -2.26. The summed E-state index contributed by atoms with van der Waals surface area (Å²) in [7, 11) is 0. The highest BCUT2D eigenvalue weighted by Gasteiger charge is 2.06. The van der Waals surface area contributed by atoms with Crippen LogP contribution in [0.4, 0.5) is 0 Å². The number of nitrogens with one attached hydrogen (secondary N) is 1. The smallest absolute Gasteiger partial charge is 0.0728 e. The van der Waals surface area contributed by atoms with Crippen molar-refractivity contribution in [1.82, 2.24) is 10.2 Å². The molecule has 3 nitrogen and oxygen atoms in total. The van der Waals surface area contributed by atoms with Gasteiger partial charge in [-0.25, -0.2) is 0 Å². The topological polar surface area (TPSA) is 24.5 Å². The Morgan fingerprint density at radius 1 is 1.25 bits per heavy atom. The molecule has 1 rings (SSSR count). The second-order valence-corrected chi connectivity index (χ2v) is 6.39. The van der Waals surface area contributed by atoms with Crippen molar-refractivity contribution in [2.45, 2.75) is 47.3 Å². The van der Waals surface area contributed by atoms with Crippen LogP contribution >= 0.6 is 11.3 Å². The molecule has 0 bridgehead atoms. The summed E-state index contributed by atoms with van der Waals surface area (Å²) in [6, 6.07) is 2.29. The molecule has 1 N–H and O–H groups in total. The van der Waals surface area contributed by atoms with Gasteiger partial charge in [-0.15, -0.1) is 11.3 Å². The van der Waals surface area contributed by atoms with E-state index in [-0.39, 0.29) is 0 Å². The van der Waals surface area contributed by atoms with E-state index in [9.17, 15) is 0 Å². The highest BCUT2D eigenvalue weighted by Crippen LogP contribution is 2.22. The fourth-order valence-corrected chi connectivity index (χ4v) is 3.14. The molecule has 0 unspecified atom stereocenters. The summed E-state index contributed by atoms with van der Waals surface area (Å²) in [5.74, 6) is 0. The van der Waals surface area contributed by atoms with Gasteiger partial charge in [-0.1, -0.05) is 20.8 Å². The second kappa shape index (κ2) is 10.3. The zero-order valence-electron chi connectivity index (χ0n) is 13.5. The van der Waals surface area contributed by atoms with Crippen LogP contribution in [0.25, 0.3) is 0 Å². The van der Waals surface area contributed by atoms with Gasteiger partial charge in [0.05, 0.1) is 13.2 Å². The minimum Gasteiger partial charge on any atom is -0.375 e. The van der Waals surface area contributed by atoms with Crippen molar-refractivity contribution in [2.75, 3.05) is 32.8 Å². The van der Waals surface area contributed by atoms with Crippen LogP contribution in [0.5, 0.6) is 0 Å². The number of nitrogens with zero attached hydrogens (tertiary/aromatic N) is 1. The van der Waals surface area contributed by atoms with Crippen LogP contribution < -0.4 is 5.32 Å². The van der Waals surface area contributed by atoms with Crippen molar-refractivity contribution in [3.8, 4) is 0 Å². The van der Waals surface area contributed by atoms with Crippen LogP contribution in [0.1, 0.15) is 42.5 Å². The highest BCUT2D eigenvalue weighted by atomic mass is 32.1. The molecule has 0 aromatic carbocycles. The Balaban J connectivity index is 2.29. The lowest BCUT2D eigenvalue weighted by atomic mass is 10.2. The van der Waals surface area contributed by atoms with E-state index < -0.39 is 0 Å². The zero-order valence-corrected chi connectivity index (χ0v) is 14.3. The molecule has 0 saturated carbocycles. The van der Waals surface area contributed by atoms with E-state index in [1.807, 2.05) is 11.3 Å². The third-order valence-corrected chi connectivity index (χ3v) is 4.59. The van der Waals surface area contributed by atoms with Gasteiger partial charge in [-0.2, -0.15) is 0 Å². The summed E-state index contributed by atoms with van der Waals surface area (Å²) in [4.78, 5) is 5.19. The first-order valence-electron chi connectivity index (χ1n) is 7.80. The maximum atomic E-state index is 5.82. The van der Waals surface area contributed by atoms with Gasteiger partial charge >= 0.3 is 0 Å². The standard InChI is InChI=1S/C16H30N2OS/c1-5-8-17-12-16-11-15(14(4)20-16)13-19-10-9-18(6-2)7-3/h11,17H,5-10,12-13H2,1-4H3. The van der Waals surface area contributed by atoms with Gasteiger partial charge in [0, 0.05) is 22.8 Å². The summed E-state index contributed by atoms with van der Waals surface area (Å²) in [6.07, 6.45) is 1.19. The van der Waals surface area contributed by atoms with Crippen LogP contribution in [-0.4, -0.2) is 37.7 Å². The van der Waals surface area contributed by atoms with Crippen molar-refractivity contribution >= 4 is 11.3 Å². The molecule has 0 amide bonds. The third-order valence-electron chi connectivity index (χ3n) is 3.50. The van der Waals surface area contributed by atoms with Gasteiger partial charge in [0.1, 0.15) is 0 Å². The quantitative estimate of drug-likeness (QED) is 0.634. The molecule has 0 atom stereocenters. The van der Waals surface area contributed by atoms with Crippen LogP contribution in [0.3, 0.4) is 0 Å². The predicted octanol–water partition coefficient (Wildman–Crippen LogP) is 3.41. The Morgan fingerprint density at radius 3 is 2.65 bits per heavy atom. The maximum absolute atomic E-state index is 5.82. The first-order chi connectivity index (χ1) is 9.71. The molecule has 0 saturated heterocycles. The number of aryl methyl sites for hydroxylation is 1. The Morgan fingerprint density at radius 2 is 2.00 bits per heavy atom. The number of ether oxygens (including phenoxy) is 1. The fourth-order valence-electron chi connectivity index (χ4n) is 2.12. The lowest BCUT2D eigenvalue weighted by molar-refractivity contribution is 0.0955.